The standard InChI is InChI=1S/C9H15N5O2/c1-7(16)5-14(2)9-4-3-8(12-13-9)11-10-6-15/h3-4,6-7,16H,5H2,1-2H3,(H,10,15)(H,11,12). The van der Waals surface area contributed by atoms with Crippen LogP contribution in [0.4, 0.5) is 11.6 Å². The first-order valence-electron chi connectivity index (χ1n) is 4.81. The van der Waals surface area contributed by atoms with Gasteiger partial charge in [0.25, 0.3) is 0 Å². The Morgan fingerprint density at radius 1 is 1.56 bits per heavy atom. The molecule has 1 amide bonds. The van der Waals surface area contributed by atoms with E-state index in [2.05, 4.69) is 21.0 Å². The van der Waals surface area contributed by atoms with Gasteiger partial charge in [-0.05, 0) is 19.1 Å². The van der Waals surface area contributed by atoms with Crippen molar-refractivity contribution in [3.63, 3.8) is 0 Å². The van der Waals surface area contributed by atoms with Crippen LogP contribution in [0.25, 0.3) is 0 Å². The van der Waals surface area contributed by atoms with Gasteiger partial charge in [0, 0.05) is 13.6 Å². The predicted octanol–water partition coefficient (Wildman–Crippen LogP) is -0.633. The number of hydrazine groups is 1. The zero-order valence-electron chi connectivity index (χ0n) is 9.21. The molecule has 0 aliphatic rings. The van der Waals surface area contributed by atoms with E-state index in [4.69, 9.17) is 0 Å². The summed E-state index contributed by atoms with van der Waals surface area (Å²) in [6, 6.07) is 3.42. The highest BCUT2D eigenvalue weighted by molar-refractivity contribution is 5.51. The molecule has 0 radical (unpaired) electrons. The number of nitrogens with one attached hydrogen (secondary N) is 2. The fourth-order valence-electron chi connectivity index (χ4n) is 1.19. The minimum absolute atomic E-state index is 0.429. The number of amides is 1. The lowest BCUT2D eigenvalue weighted by atomic mass is 10.3. The lowest BCUT2D eigenvalue weighted by Gasteiger charge is -2.19. The molecule has 88 valence electrons. The third kappa shape index (κ3) is 3.70. The van der Waals surface area contributed by atoms with E-state index in [1.165, 1.54) is 0 Å². The molecule has 1 heterocycles. The smallest absolute Gasteiger partial charge is 0.225 e. The lowest BCUT2D eigenvalue weighted by molar-refractivity contribution is -0.109. The second-order valence-electron chi connectivity index (χ2n) is 3.39. The van der Waals surface area contributed by atoms with Gasteiger partial charge in [0.05, 0.1) is 6.10 Å². The fraction of sp³-hybridized carbons (Fsp3) is 0.444. The van der Waals surface area contributed by atoms with Crippen molar-refractivity contribution in [3.8, 4) is 0 Å². The summed E-state index contributed by atoms with van der Waals surface area (Å²) in [7, 11) is 1.81. The molecule has 0 aromatic carbocycles. The maximum Gasteiger partial charge on any atom is 0.225 e. The van der Waals surface area contributed by atoms with Crippen LogP contribution < -0.4 is 15.8 Å². The molecule has 0 aliphatic carbocycles. The van der Waals surface area contributed by atoms with Crippen LogP contribution in [-0.2, 0) is 4.79 Å². The Hall–Kier alpha value is -1.89. The molecule has 1 atom stereocenters. The first-order chi connectivity index (χ1) is 7.63. The van der Waals surface area contributed by atoms with Crippen LogP contribution in [0.15, 0.2) is 12.1 Å². The van der Waals surface area contributed by atoms with Crippen molar-refractivity contribution in [2.75, 3.05) is 23.9 Å². The number of nitrogens with zero attached hydrogens (tertiary/aromatic N) is 3. The first-order valence-corrected chi connectivity index (χ1v) is 4.81. The molecule has 7 heteroatoms. The fourth-order valence-corrected chi connectivity index (χ4v) is 1.19. The molecular weight excluding hydrogens is 210 g/mol. The Morgan fingerprint density at radius 2 is 2.31 bits per heavy atom. The largest absolute Gasteiger partial charge is 0.392 e. The second-order valence-corrected chi connectivity index (χ2v) is 3.39. The number of aliphatic hydroxyl groups excluding tert-OH is 1. The molecule has 7 nitrogen and oxygen atoms in total. The number of hydrogen-bond acceptors (Lipinski definition) is 6. The Morgan fingerprint density at radius 3 is 2.81 bits per heavy atom. The number of aromatic nitrogens is 2. The summed E-state index contributed by atoms with van der Waals surface area (Å²) in [5.74, 6) is 1.10. The molecule has 3 N–H and O–H groups in total. The number of anilines is 2. The molecule has 0 aliphatic heterocycles. The van der Waals surface area contributed by atoms with Gasteiger partial charge in [0.1, 0.15) is 0 Å². The SMILES string of the molecule is CC(O)CN(C)c1ccc(NNC=O)nn1. The van der Waals surface area contributed by atoms with Crippen molar-refractivity contribution < 1.29 is 9.90 Å². The van der Waals surface area contributed by atoms with Crippen LogP contribution >= 0.6 is 0 Å². The van der Waals surface area contributed by atoms with E-state index >= 15 is 0 Å². The number of aliphatic hydroxyl groups is 1. The van der Waals surface area contributed by atoms with Gasteiger partial charge in [-0.25, -0.2) is 0 Å². The van der Waals surface area contributed by atoms with Crippen molar-refractivity contribution in [1.82, 2.24) is 15.6 Å². The summed E-state index contributed by atoms with van der Waals surface area (Å²) in [4.78, 5) is 11.8. The van der Waals surface area contributed by atoms with Gasteiger partial charge in [0.2, 0.25) is 6.41 Å². The van der Waals surface area contributed by atoms with Gasteiger partial charge in [-0.2, -0.15) is 0 Å². The first kappa shape index (κ1) is 12.2. The van der Waals surface area contributed by atoms with Gasteiger partial charge < -0.3 is 10.0 Å². The van der Waals surface area contributed by atoms with Crippen LogP contribution in [0.3, 0.4) is 0 Å². The van der Waals surface area contributed by atoms with Crippen LogP contribution in [0.5, 0.6) is 0 Å². The molecule has 1 aromatic rings. The summed E-state index contributed by atoms with van der Waals surface area (Å²) in [6.45, 7) is 2.18. The minimum atomic E-state index is -0.429. The molecule has 0 saturated heterocycles. The third-order valence-corrected chi connectivity index (χ3v) is 1.84. The molecule has 0 bridgehead atoms. The Labute approximate surface area is 93.4 Å². The summed E-state index contributed by atoms with van der Waals surface area (Å²) < 4.78 is 0. The number of likely N-dealkylation sites (N-methyl/N-ethyl adjacent to an activating group) is 1. The van der Waals surface area contributed by atoms with Crippen molar-refractivity contribution in [2.24, 2.45) is 0 Å². The zero-order chi connectivity index (χ0) is 12.0. The minimum Gasteiger partial charge on any atom is -0.392 e. The van der Waals surface area contributed by atoms with E-state index in [0.29, 0.717) is 24.6 Å². The van der Waals surface area contributed by atoms with Crippen LogP contribution in [0.2, 0.25) is 0 Å². The van der Waals surface area contributed by atoms with E-state index in [1.54, 1.807) is 24.0 Å². The topological polar surface area (TPSA) is 90.4 Å². The Bertz CT molecular complexity index is 327. The van der Waals surface area contributed by atoms with E-state index in [-0.39, 0.29) is 0 Å². The molecule has 0 fully saturated rings. The number of hydrogen-bond donors (Lipinski definition) is 3. The highest BCUT2D eigenvalue weighted by Crippen LogP contribution is 2.09. The lowest BCUT2D eigenvalue weighted by Crippen LogP contribution is -2.28. The average Bonchev–Trinajstić information content (AvgIpc) is 2.26. The Kier molecular flexibility index (Phi) is 4.46. The van der Waals surface area contributed by atoms with Crippen LogP contribution in [0.1, 0.15) is 6.92 Å². The van der Waals surface area contributed by atoms with Crippen molar-refractivity contribution in [3.05, 3.63) is 12.1 Å². The van der Waals surface area contributed by atoms with E-state index in [0.717, 1.165) is 0 Å². The van der Waals surface area contributed by atoms with Crippen LogP contribution in [-0.4, -0.2) is 41.4 Å². The predicted molar refractivity (Wildman–Crippen MR) is 59.8 cm³/mol. The maximum atomic E-state index is 10.0. The number of carbonyl (C=O) groups is 1. The van der Waals surface area contributed by atoms with E-state index in [9.17, 15) is 9.90 Å². The molecule has 0 spiro atoms. The normalized spacial score (nSPS) is 11.7. The van der Waals surface area contributed by atoms with Gasteiger partial charge in [-0.1, -0.05) is 0 Å². The molecular formula is C9H15N5O2. The van der Waals surface area contributed by atoms with E-state index < -0.39 is 6.10 Å². The highest BCUT2D eigenvalue weighted by atomic mass is 16.3. The van der Waals surface area contributed by atoms with Crippen molar-refractivity contribution >= 4 is 18.0 Å². The summed E-state index contributed by atoms with van der Waals surface area (Å²) in [6.07, 6.45) is 0.0798. The summed E-state index contributed by atoms with van der Waals surface area (Å²) in [5.41, 5.74) is 4.80. The molecule has 1 aromatic heterocycles. The van der Waals surface area contributed by atoms with Crippen molar-refractivity contribution in [2.45, 2.75) is 13.0 Å². The quantitative estimate of drug-likeness (QED) is 0.441. The Balaban J connectivity index is 2.59. The molecule has 1 unspecified atom stereocenters. The third-order valence-electron chi connectivity index (χ3n) is 1.84. The monoisotopic (exact) mass is 225 g/mol. The number of rotatable bonds is 6. The van der Waals surface area contributed by atoms with Gasteiger partial charge in [-0.15, -0.1) is 10.2 Å². The van der Waals surface area contributed by atoms with Gasteiger partial charge >= 0.3 is 0 Å². The highest BCUT2D eigenvalue weighted by Gasteiger charge is 2.06. The molecule has 0 saturated carbocycles. The summed E-state index contributed by atoms with van der Waals surface area (Å²) >= 11 is 0. The molecule has 16 heavy (non-hydrogen) atoms. The summed E-state index contributed by atoms with van der Waals surface area (Å²) in [5, 5.41) is 17.0. The maximum absolute atomic E-state index is 10.0. The van der Waals surface area contributed by atoms with Crippen molar-refractivity contribution in [1.29, 1.82) is 0 Å². The number of carbonyl (C=O) groups excluding carboxylic acids is 1. The zero-order valence-corrected chi connectivity index (χ0v) is 9.21. The van der Waals surface area contributed by atoms with Crippen LogP contribution in [0, 0.1) is 0 Å². The average molecular weight is 225 g/mol. The molecule has 1 rings (SSSR count). The second kappa shape index (κ2) is 5.86. The van der Waals surface area contributed by atoms with E-state index in [1.807, 2.05) is 7.05 Å². The van der Waals surface area contributed by atoms with Gasteiger partial charge in [-0.3, -0.25) is 15.6 Å². The van der Waals surface area contributed by atoms with Gasteiger partial charge in [0.15, 0.2) is 11.6 Å².